The quantitative estimate of drug-likeness (QED) is 0.355. The molecular formula is C12H20Br2O4. The number of ether oxygens (including phenoxy) is 1. The van der Waals surface area contributed by atoms with Crippen molar-refractivity contribution in [2.75, 3.05) is 10.7 Å². The minimum Gasteiger partial charge on any atom is -0.481 e. The molecule has 0 amide bonds. The van der Waals surface area contributed by atoms with Crippen molar-refractivity contribution in [2.24, 2.45) is 0 Å². The number of carboxylic acids is 1. The molecule has 0 unspecified atom stereocenters. The summed E-state index contributed by atoms with van der Waals surface area (Å²) in [6.07, 6.45) is 3.08. The molecule has 0 saturated carbocycles. The number of aldehydes is 1. The SMILES string of the molecule is CC(C)(CCCCC(=O)O)OC(C=O)(CBr)CBr. The zero-order chi connectivity index (χ0) is 14.2. The molecule has 106 valence electrons. The van der Waals surface area contributed by atoms with Crippen molar-refractivity contribution in [2.45, 2.75) is 50.7 Å². The van der Waals surface area contributed by atoms with E-state index in [9.17, 15) is 9.59 Å². The molecule has 0 aliphatic carbocycles. The second kappa shape index (κ2) is 8.27. The molecule has 0 aromatic heterocycles. The Balaban J connectivity index is 4.27. The lowest BCUT2D eigenvalue weighted by molar-refractivity contribution is -0.146. The van der Waals surface area contributed by atoms with Crippen molar-refractivity contribution >= 4 is 44.1 Å². The first kappa shape index (κ1) is 18.1. The van der Waals surface area contributed by atoms with Crippen LogP contribution in [0, 0.1) is 0 Å². The van der Waals surface area contributed by atoms with Crippen LogP contribution in [-0.2, 0) is 14.3 Å². The maximum absolute atomic E-state index is 11.1. The Labute approximate surface area is 125 Å². The predicted octanol–water partition coefficient (Wildman–Crippen LogP) is 3.15. The minimum absolute atomic E-state index is 0.172. The zero-order valence-electron chi connectivity index (χ0n) is 10.7. The summed E-state index contributed by atoms with van der Waals surface area (Å²) in [4.78, 5) is 21.5. The van der Waals surface area contributed by atoms with Gasteiger partial charge in [0.1, 0.15) is 5.60 Å². The number of hydrogen-bond donors (Lipinski definition) is 1. The number of hydrogen-bond acceptors (Lipinski definition) is 3. The predicted molar refractivity (Wildman–Crippen MR) is 77.7 cm³/mol. The summed E-state index contributed by atoms with van der Waals surface area (Å²) in [6.45, 7) is 3.83. The second-order valence-corrected chi connectivity index (χ2v) is 6.03. The molecule has 0 aromatic rings. The first-order valence-electron chi connectivity index (χ1n) is 5.81. The maximum atomic E-state index is 11.1. The molecule has 0 saturated heterocycles. The molecule has 0 aliphatic heterocycles. The van der Waals surface area contributed by atoms with Crippen molar-refractivity contribution in [1.29, 1.82) is 0 Å². The number of unbranched alkanes of at least 4 members (excludes halogenated alkanes) is 1. The van der Waals surface area contributed by atoms with Gasteiger partial charge in [-0.05, 0) is 26.7 Å². The van der Waals surface area contributed by atoms with E-state index in [1.54, 1.807) is 0 Å². The average molecular weight is 388 g/mol. The summed E-state index contributed by atoms with van der Waals surface area (Å²) in [6, 6.07) is 0. The van der Waals surface area contributed by atoms with E-state index in [-0.39, 0.29) is 6.42 Å². The molecule has 18 heavy (non-hydrogen) atoms. The Morgan fingerprint density at radius 1 is 1.28 bits per heavy atom. The summed E-state index contributed by atoms with van der Waals surface area (Å²) in [5, 5.41) is 9.40. The number of carbonyl (C=O) groups is 2. The van der Waals surface area contributed by atoms with Crippen molar-refractivity contribution < 1.29 is 19.4 Å². The van der Waals surface area contributed by atoms with Crippen molar-refractivity contribution in [3.8, 4) is 0 Å². The van der Waals surface area contributed by atoms with E-state index < -0.39 is 17.2 Å². The summed E-state index contributed by atoms with van der Waals surface area (Å²) in [7, 11) is 0. The number of carbonyl (C=O) groups excluding carboxylic acids is 1. The fourth-order valence-corrected chi connectivity index (χ4v) is 3.03. The minimum atomic E-state index is -0.865. The Hall–Kier alpha value is 0.0600. The lowest BCUT2D eigenvalue weighted by Crippen LogP contribution is -2.45. The monoisotopic (exact) mass is 386 g/mol. The molecule has 0 spiro atoms. The number of aliphatic carboxylic acids is 1. The van der Waals surface area contributed by atoms with Gasteiger partial charge in [-0.1, -0.05) is 38.3 Å². The summed E-state index contributed by atoms with van der Waals surface area (Å²) >= 11 is 6.57. The maximum Gasteiger partial charge on any atom is 0.303 e. The van der Waals surface area contributed by atoms with Crippen molar-refractivity contribution in [1.82, 2.24) is 0 Å². The highest BCUT2D eigenvalue weighted by Gasteiger charge is 2.35. The van der Waals surface area contributed by atoms with Crippen LogP contribution in [0.2, 0.25) is 0 Å². The molecule has 0 bridgehead atoms. The molecule has 0 rings (SSSR count). The molecule has 6 heteroatoms. The van der Waals surface area contributed by atoms with Gasteiger partial charge >= 0.3 is 5.97 Å². The Bertz CT molecular complexity index is 275. The van der Waals surface area contributed by atoms with Crippen LogP contribution in [-0.4, -0.2) is 39.2 Å². The van der Waals surface area contributed by atoms with E-state index >= 15 is 0 Å². The lowest BCUT2D eigenvalue weighted by Gasteiger charge is -2.35. The lowest BCUT2D eigenvalue weighted by atomic mass is 9.98. The first-order chi connectivity index (χ1) is 8.31. The van der Waals surface area contributed by atoms with Crippen molar-refractivity contribution in [3.05, 3.63) is 0 Å². The van der Waals surface area contributed by atoms with Gasteiger partial charge in [-0.3, -0.25) is 4.79 Å². The fourth-order valence-electron chi connectivity index (χ4n) is 1.61. The fraction of sp³-hybridized carbons (Fsp3) is 0.833. The molecule has 0 fully saturated rings. The third kappa shape index (κ3) is 6.85. The van der Waals surface area contributed by atoms with E-state index in [1.807, 2.05) is 13.8 Å². The number of rotatable bonds is 10. The molecule has 0 radical (unpaired) electrons. The molecule has 0 aliphatic rings. The third-order valence-electron chi connectivity index (χ3n) is 2.57. The summed E-state index contributed by atoms with van der Waals surface area (Å²) in [5.74, 6) is -0.781. The van der Waals surface area contributed by atoms with Gasteiger partial charge in [0.25, 0.3) is 0 Å². The van der Waals surface area contributed by atoms with Gasteiger partial charge in [0.2, 0.25) is 0 Å². The van der Waals surface area contributed by atoms with Crippen LogP contribution in [0.4, 0.5) is 0 Å². The average Bonchev–Trinajstić information content (AvgIpc) is 2.32. The largest absolute Gasteiger partial charge is 0.481 e. The molecule has 0 heterocycles. The van der Waals surface area contributed by atoms with E-state index in [2.05, 4.69) is 31.9 Å². The zero-order valence-corrected chi connectivity index (χ0v) is 13.9. The molecular weight excluding hydrogens is 368 g/mol. The van der Waals surface area contributed by atoms with Gasteiger partial charge in [-0.2, -0.15) is 0 Å². The number of halogens is 2. The standard InChI is InChI=1S/C12H20Br2O4/c1-11(2,6-4-3-5-10(16)17)18-12(7-13,8-14)9-15/h9H,3-8H2,1-2H3,(H,16,17). The highest BCUT2D eigenvalue weighted by molar-refractivity contribution is 9.09. The summed E-state index contributed by atoms with van der Waals surface area (Å²) in [5.41, 5.74) is -1.32. The Morgan fingerprint density at radius 3 is 2.22 bits per heavy atom. The molecule has 4 nitrogen and oxygen atoms in total. The Morgan fingerprint density at radius 2 is 1.83 bits per heavy atom. The van der Waals surface area contributed by atoms with Crippen LogP contribution in [0.3, 0.4) is 0 Å². The van der Waals surface area contributed by atoms with Crippen molar-refractivity contribution in [3.63, 3.8) is 0 Å². The number of alkyl halides is 2. The smallest absolute Gasteiger partial charge is 0.303 e. The first-order valence-corrected chi connectivity index (χ1v) is 8.05. The van der Waals surface area contributed by atoms with Crippen LogP contribution in [0.1, 0.15) is 39.5 Å². The van der Waals surface area contributed by atoms with Crippen LogP contribution < -0.4 is 0 Å². The van der Waals surface area contributed by atoms with Gasteiger partial charge < -0.3 is 14.6 Å². The van der Waals surface area contributed by atoms with Crippen LogP contribution in [0.25, 0.3) is 0 Å². The van der Waals surface area contributed by atoms with E-state index in [1.165, 1.54) is 0 Å². The highest BCUT2D eigenvalue weighted by Crippen LogP contribution is 2.27. The normalized spacial score (nSPS) is 12.4. The van der Waals surface area contributed by atoms with E-state index in [0.717, 1.165) is 19.1 Å². The van der Waals surface area contributed by atoms with Gasteiger partial charge in [0.05, 0.1) is 5.60 Å². The highest BCUT2D eigenvalue weighted by atomic mass is 79.9. The summed E-state index contributed by atoms with van der Waals surface area (Å²) < 4.78 is 5.87. The van der Waals surface area contributed by atoms with Gasteiger partial charge in [-0.15, -0.1) is 0 Å². The Kier molecular flexibility index (Phi) is 8.30. The van der Waals surface area contributed by atoms with Crippen LogP contribution in [0.5, 0.6) is 0 Å². The molecule has 0 aromatic carbocycles. The third-order valence-corrected chi connectivity index (χ3v) is 4.46. The topological polar surface area (TPSA) is 63.6 Å². The number of carboxylic acid groups (broad SMARTS) is 1. The second-order valence-electron chi connectivity index (χ2n) is 4.91. The molecule has 1 N–H and O–H groups in total. The van der Waals surface area contributed by atoms with E-state index in [0.29, 0.717) is 17.1 Å². The van der Waals surface area contributed by atoms with Gasteiger partial charge in [0.15, 0.2) is 6.29 Å². The van der Waals surface area contributed by atoms with Gasteiger partial charge in [-0.25, -0.2) is 0 Å². The van der Waals surface area contributed by atoms with E-state index in [4.69, 9.17) is 9.84 Å². The van der Waals surface area contributed by atoms with Crippen LogP contribution in [0.15, 0.2) is 0 Å². The molecule has 0 atom stereocenters. The van der Waals surface area contributed by atoms with Crippen LogP contribution >= 0.6 is 31.9 Å². The van der Waals surface area contributed by atoms with Gasteiger partial charge in [0, 0.05) is 17.1 Å².